The molecule has 0 radical (unpaired) electrons. The van der Waals surface area contributed by atoms with Gasteiger partial charge in [-0.2, -0.15) is 4.72 Å². The first-order valence-electron chi connectivity index (χ1n) is 10.4. The van der Waals surface area contributed by atoms with Crippen molar-refractivity contribution in [1.82, 2.24) is 9.62 Å². The molecule has 2 aliphatic rings. The van der Waals surface area contributed by atoms with Crippen molar-refractivity contribution in [3.8, 4) is 0 Å². The highest BCUT2D eigenvalue weighted by atomic mass is 32.2. The molecule has 1 saturated heterocycles. The van der Waals surface area contributed by atoms with Crippen molar-refractivity contribution in [2.24, 2.45) is 22.7 Å². The number of piperidine rings is 1. The van der Waals surface area contributed by atoms with Crippen molar-refractivity contribution in [3.05, 3.63) is 17.0 Å². The quantitative estimate of drug-likeness (QED) is 0.761. The minimum atomic E-state index is -3.78. The summed E-state index contributed by atoms with van der Waals surface area (Å²) >= 11 is 1.28. The average Bonchev–Trinajstić information content (AvgIpc) is 2.96. The molecule has 0 aromatic carbocycles. The molecule has 4 atom stereocenters. The van der Waals surface area contributed by atoms with Gasteiger partial charge in [0.15, 0.2) is 0 Å². The van der Waals surface area contributed by atoms with Gasteiger partial charge in [0.1, 0.15) is 10.3 Å². The third-order valence-corrected chi connectivity index (χ3v) is 10.2. The Morgan fingerprint density at radius 1 is 1.21 bits per heavy atom. The van der Waals surface area contributed by atoms with Gasteiger partial charge in [-0.25, -0.2) is 8.42 Å². The summed E-state index contributed by atoms with van der Waals surface area (Å²) in [5, 5.41) is 0. The van der Waals surface area contributed by atoms with E-state index in [2.05, 4.69) is 46.3 Å². The normalized spacial score (nSPS) is 27.6. The fourth-order valence-corrected chi connectivity index (χ4v) is 7.58. The molecule has 29 heavy (non-hydrogen) atoms. The van der Waals surface area contributed by atoms with Crippen LogP contribution in [0.4, 0.5) is 0 Å². The second-order valence-electron chi connectivity index (χ2n) is 11.5. The fourth-order valence-electron chi connectivity index (χ4n) is 4.80. The predicted molar refractivity (Wildman–Crippen MR) is 119 cm³/mol. The second kappa shape index (κ2) is 6.79. The maximum absolute atomic E-state index is 13.5. The topological polar surface area (TPSA) is 66.5 Å². The summed E-state index contributed by atoms with van der Waals surface area (Å²) in [6.07, 6.45) is 0. The molecule has 164 valence electrons. The third kappa shape index (κ3) is 4.02. The largest absolute Gasteiger partial charge is 0.338 e. The molecule has 1 aliphatic heterocycles. The lowest BCUT2D eigenvalue weighted by atomic mass is 9.86. The number of hydrogen-bond donors (Lipinski definition) is 1. The Morgan fingerprint density at radius 3 is 2.21 bits per heavy atom. The van der Waals surface area contributed by atoms with Crippen molar-refractivity contribution in [2.75, 3.05) is 6.54 Å². The van der Waals surface area contributed by atoms with Crippen molar-refractivity contribution >= 4 is 27.3 Å². The zero-order valence-electron chi connectivity index (χ0n) is 19.2. The maximum atomic E-state index is 13.5. The van der Waals surface area contributed by atoms with Gasteiger partial charge in [-0.1, -0.05) is 55.4 Å². The maximum Gasteiger partial charge on any atom is 0.250 e. The zero-order valence-corrected chi connectivity index (χ0v) is 20.8. The lowest BCUT2D eigenvalue weighted by molar-refractivity contribution is -0.137. The van der Waals surface area contributed by atoms with Crippen LogP contribution in [0.5, 0.6) is 0 Å². The van der Waals surface area contributed by atoms with E-state index in [0.29, 0.717) is 11.8 Å². The number of fused-ring (bicyclic) bond motifs is 1. The van der Waals surface area contributed by atoms with Gasteiger partial charge < -0.3 is 4.90 Å². The number of sulfonamides is 1. The molecule has 1 saturated carbocycles. The Balaban J connectivity index is 1.83. The van der Waals surface area contributed by atoms with E-state index in [9.17, 15) is 13.2 Å². The first-order chi connectivity index (χ1) is 13.0. The van der Waals surface area contributed by atoms with E-state index in [1.807, 2.05) is 31.7 Å². The molecule has 1 aromatic heterocycles. The first-order valence-corrected chi connectivity index (χ1v) is 12.7. The summed E-state index contributed by atoms with van der Waals surface area (Å²) in [6.45, 7) is 19.3. The summed E-state index contributed by atoms with van der Waals surface area (Å²) in [7, 11) is -3.78. The summed E-state index contributed by atoms with van der Waals surface area (Å²) in [6, 6.07) is 2.86. The lowest BCUT2D eigenvalue weighted by Crippen LogP contribution is -2.56. The van der Waals surface area contributed by atoms with Gasteiger partial charge in [-0.05, 0) is 47.1 Å². The molecule has 1 N–H and O–H groups in total. The number of likely N-dealkylation sites (tertiary alicyclic amines) is 1. The van der Waals surface area contributed by atoms with Crippen LogP contribution < -0.4 is 4.72 Å². The number of carbonyl (C=O) groups is 1. The Labute approximate surface area is 180 Å². The molecule has 3 rings (SSSR count). The van der Waals surface area contributed by atoms with Crippen LogP contribution in [0, 0.1) is 22.7 Å². The van der Waals surface area contributed by atoms with Gasteiger partial charge in [-0.15, -0.1) is 11.3 Å². The predicted octanol–water partition coefficient (Wildman–Crippen LogP) is 4.24. The van der Waals surface area contributed by atoms with E-state index in [0.717, 1.165) is 11.4 Å². The van der Waals surface area contributed by atoms with Gasteiger partial charge in [-0.3, -0.25) is 4.79 Å². The minimum Gasteiger partial charge on any atom is -0.338 e. The van der Waals surface area contributed by atoms with Crippen LogP contribution >= 0.6 is 11.3 Å². The van der Waals surface area contributed by atoms with Crippen LogP contribution in [0.2, 0.25) is 0 Å². The highest BCUT2D eigenvalue weighted by Crippen LogP contribution is 2.64. The monoisotopic (exact) mass is 440 g/mol. The molecule has 1 aromatic rings. The van der Waals surface area contributed by atoms with Crippen LogP contribution in [0.3, 0.4) is 0 Å². The second-order valence-corrected chi connectivity index (χ2v) is 14.5. The molecular weight excluding hydrogens is 404 g/mol. The highest BCUT2D eigenvalue weighted by molar-refractivity contribution is 7.91. The lowest BCUT2D eigenvalue weighted by Gasteiger charge is -2.36. The fraction of sp³-hybridized carbons (Fsp3) is 0.773. The van der Waals surface area contributed by atoms with Gasteiger partial charge in [0.05, 0.1) is 0 Å². The summed E-state index contributed by atoms with van der Waals surface area (Å²) in [5.74, 6) is 0.921. The smallest absolute Gasteiger partial charge is 0.250 e. The Bertz CT molecular complexity index is 903. The Morgan fingerprint density at radius 2 is 1.79 bits per heavy atom. The molecule has 2 heterocycles. The number of nitrogens with one attached hydrogen (secondary N) is 1. The number of hydrogen-bond acceptors (Lipinski definition) is 4. The van der Waals surface area contributed by atoms with Crippen molar-refractivity contribution in [2.45, 2.75) is 84.0 Å². The number of rotatable bonds is 4. The molecule has 0 bridgehead atoms. The number of thiophene rings is 1. The van der Waals surface area contributed by atoms with E-state index in [-0.39, 0.29) is 27.0 Å². The van der Waals surface area contributed by atoms with E-state index in [1.54, 1.807) is 6.07 Å². The van der Waals surface area contributed by atoms with Crippen LogP contribution in [-0.2, 0) is 20.2 Å². The number of carbonyl (C=O) groups excluding carboxylic acids is 1. The van der Waals surface area contributed by atoms with Crippen molar-refractivity contribution in [1.29, 1.82) is 0 Å². The Kier molecular flexibility index (Phi) is 5.33. The van der Waals surface area contributed by atoms with E-state index in [4.69, 9.17) is 0 Å². The molecule has 1 amide bonds. The molecule has 1 aliphatic carbocycles. The van der Waals surface area contributed by atoms with Crippen LogP contribution in [0.1, 0.15) is 67.2 Å². The van der Waals surface area contributed by atoms with Gasteiger partial charge in [0.2, 0.25) is 5.91 Å². The Hall–Kier alpha value is -0.920. The van der Waals surface area contributed by atoms with Crippen molar-refractivity contribution in [3.63, 3.8) is 0 Å². The number of nitrogens with zero attached hydrogens (tertiary/aromatic N) is 1. The van der Waals surface area contributed by atoms with Crippen LogP contribution in [0.15, 0.2) is 16.3 Å². The van der Waals surface area contributed by atoms with Gasteiger partial charge in [0, 0.05) is 17.5 Å². The SMILES string of the molecule is C[C@@H]1[C@@H]2[C@H](CN1C(=O)[C@@H](NS(=O)(=O)c1ccc(C(C)(C)C)s1)C(C)(C)C)C2(C)C. The van der Waals surface area contributed by atoms with Crippen LogP contribution in [-0.4, -0.2) is 37.9 Å². The van der Waals surface area contributed by atoms with E-state index >= 15 is 0 Å². The number of amides is 1. The van der Waals surface area contributed by atoms with E-state index in [1.165, 1.54) is 11.3 Å². The average molecular weight is 441 g/mol. The summed E-state index contributed by atoms with van der Waals surface area (Å²) in [5.41, 5.74) is -0.361. The molecule has 0 unspecified atom stereocenters. The molecule has 0 spiro atoms. The summed E-state index contributed by atoms with van der Waals surface area (Å²) in [4.78, 5) is 16.4. The standard InChI is InChI=1S/C22H36N2O3S2/c1-13-17-14(22(17,8)9)12-24(13)19(25)18(21(5,6)7)23-29(26,27)16-11-10-15(28-16)20(2,3)4/h10-11,13-14,17-18,23H,12H2,1-9H3/t13-,14+,17-,18-/m1/s1. The first kappa shape index (κ1) is 22.8. The highest BCUT2D eigenvalue weighted by Gasteiger charge is 2.66. The van der Waals surface area contributed by atoms with E-state index < -0.39 is 21.5 Å². The minimum absolute atomic E-state index is 0.107. The zero-order chi connectivity index (χ0) is 22.2. The van der Waals surface area contributed by atoms with Gasteiger partial charge >= 0.3 is 0 Å². The molecule has 2 fully saturated rings. The molecule has 7 heteroatoms. The molecule has 5 nitrogen and oxygen atoms in total. The molecular formula is C22H36N2O3S2. The van der Waals surface area contributed by atoms with Gasteiger partial charge in [0.25, 0.3) is 10.0 Å². The van der Waals surface area contributed by atoms with Crippen molar-refractivity contribution < 1.29 is 13.2 Å². The third-order valence-electron chi connectivity index (χ3n) is 6.80. The summed E-state index contributed by atoms with van der Waals surface area (Å²) < 4.78 is 29.3. The van der Waals surface area contributed by atoms with Crippen LogP contribution in [0.25, 0.3) is 0 Å².